The van der Waals surface area contributed by atoms with Crippen molar-refractivity contribution in [2.24, 2.45) is 0 Å². The van der Waals surface area contributed by atoms with Crippen LogP contribution in [0.1, 0.15) is 30.4 Å². The maximum absolute atomic E-state index is 11.2. The van der Waals surface area contributed by atoms with Crippen molar-refractivity contribution < 1.29 is 24.2 Å². The molecule has 0 aliphatic rings. The van der Waals surface area contributed by atoms with E-state index in [0.29, 0.717) is 21.6 Å². The summed E-state index contributed by atoms with van der Waals surface area (Å²) < 4.78 is 11.4. The lowest BCUT2D eigenvalue weighted by Gasteiger charge is -2.11. The summed E-state index contributed by atoms with van der Waals surface area (Å²) in [5.41, 5.74) is 0. The molecule has 106 valence electrons. The molecule has 20 heavy (non-hydrogen) atoms. The number of hydrogen-bond donors (Lipinski definition) is 1. The maximum atomic E-state index is 11.2. The average Bonchev–Trinajstić information content (AvgIpc) is 2.71. The van der Waals surface area contributed by atoms with Crippen LogP contribution >= 0.6 is 11.3 Å². The summed E-state index contributed by atoms with van der Waals surface area (Å²) >= 11 is 1.12. The quantitative estimate of drug-likeness (QED) is 0.691. The molecule has 0 bridgehead atoms. The number of carboxylic acids is 1. The van der Waals surface area contributed by atoms with E-state index >= 15 is 0 Å². The van der Waals surface area contributed by atoms with E-state index in [1.54, 1.807) is 12.1 Å². The summed E-state index contributed by atoms with van der Waals surface area (Å²) in [6.45, 7) is 5.06. The molecule has 2 aromatic rings. The number of fused-ring (bicyclic) bond motifs is 1. The highest BCUT2D eigenvalue weighted by atomic mass is 32.1. The molecule has 6 heteroatoms. The Labute approximate surface area is 119 Å². The fraction of sp³-hybridized carbons (Fsp3) is 0.286. The SMILES string of the molecule is CC(=O)Oc1cc(OC(C)C)cc2sc(C(=O)O)cc12. The lowest BCUT2D eigenvalue weighted by Crippen LogP contribution is -2.06. The van der Waals surface area contributed by atoms with Crippen molar-refractivity contribution in [3.8, 4) is 11.5 Å². The van der Waals surface area contributed by atoms with Crippen molar-refractivity contribution in [2.75, 3.05) is 0 Å². The molecule has 0 fully saturated rings. The lowest BCUT2D eigenvalue weighted by atomic mass is 10.2. The van der Waals surface area contributed by atoms with Crippen LogP contribution in [0.2, 0.25) is 0 Å². The first kappa shape index (κ1) is 14.3. The average molecular weight is 294 g/mol. The van der Waals surface area contributed by atoms with E-state index in [4.69, 9.17) is 14.6 Å². The molecule has 0 aliphatic carbocycles. The number of esters is 1. The third kappa shape index (κ3) is 3.08. The van der Waals surface area contributed by atoms with Crippen molar-refractivity contribution in [2.45, 2.75) is 26.9 Å². The Bertz CT molecular complexity index is 671. The Morgan fingerprint density at radius 2 is 1.95 bits per heavy atom. The Kier molecular flexibility index (Phi) is 3.94. The number of carbonyl (C=O) groups excluding carboxylic acids is 1. The van der Waals surface area contributed by atoms with Crippen molar-refractivity contribution in [3.63, 3.8) is 0 Å². The molecule has 0 radical (unpaired) electrons. The van der Waals surface area contributed by atoms with Gasteiger partial charge in [0, 0.05) is 23.1 Å². The molecule has 0 aliphatic heterocycles. The van der Waals surface area contributed by atoms with Crippen molar-refractivity contribution in [1.29, 1.82) is 0 Å². The Morgan fingerprint density at radius 3 is 2.50 bits per heavy atom. The minimum absolute atomic E-state index is 0.0310. The van der Waals surface area contributed by atoms with Gasteiger partial charge in [0.1, 0.15) is 16.4 Å². The third-order valence-corrected chi connectivity index (χ3v) is 3.48. The van der Waals surface area contributed by atoms with Gasteiger partial charge in [0.2, 0.25) is 0 Å². The molecule has 1 N–H and O–H groups in total. The van der Waals surface area contributed by atoms with E-state index in [0.717, 1.165) is 11.3 Å². The van der Waals surface area contributed by atoms with Gasteiger partial charge in [-0.3, -0.25) is 4.79 Å². The summed E-state index contributed by atoms with van der Waals surface area (Å²) in [4.78, 5) is 22.4. The number of ether oxygens (including phenoxy) is 2. The molecule has 2 rings (SSSR count). The molecule has 0 atom stereocenters. The van der Waals surface area contributed by atoms with Crippen LogP contribution in [-0.2, 0) is 4.79 Å². The Balaban J connectivity index is 2.58. The van der Waals surface area contributed by atoms with Crippen LogP contribution in [0.5, 0.6) is 11.5 Å². The first-order chi connectivity index (χ1) is 9.36. The van der Waals surface area contributed by atoms with Gasteiger partial charge in [-0.05, 0) is 26.0 Å². The van der Waals surface area contributed by atoms with Gasteiger partial charge in [-0.2, -0.15) is 0 Å². The van der Waals surface area contributed by atoms with Crippen LogP contribution in [0.25, 0.3) is 10.1 Å². The second-order valence-corrected chi connectivity index (χ2v) is 5.59. The highest BCUT2D eigenvalue weighted by Gasteiger charge is 2.15. The molecule has 0 unspecified atom stereocenters. The zero-order valence-electron chi connectivity index (χ0n) is 11.3. The zero-order chi connectivity index (χ0) is 14.9. The minimum atomic E-state index is -1.01. The molecule has 1 aromatic heterocycles. The summed E-state index contributed by atoms with van der Waals surface area (Å²) in [6, 6.07) is 4.85. The van der Waals surface area contributed by atoms with Gasteiger partial charge in [0.25, 0.3) is 0 Å². The number of carbonyl (C=O) groups is 2. The first-order valence-electron chi connectivity index (χ1n) is 6.02. The van der Waals surface area contributed by atoms with E-state index in [2.05, 4.69) is 0 Å². The largest absolute Gasteiger partial charge is 0.491 e. The van der Waals surface area contributed by atoms with Crippen LogP contribution in [0.3, 0.4) is 0 Å². The summed E-state index contributed by atoms with van der Waals surface area (Å²) in [5, 5.41) is 9.64. The van der Waals surface area contributed by atoms with Gasteiger partial charge in [0.15, 0.2) is 0 Å². The van der Waals surface area contributed by atoms with E-state index in [1.165, 1.54) is 13.0 Å². The normalized spacial score (nSPS) is 10.8. The van der Waals surface area contributed by atoms with E-state index in [9.17, 15) is 9.59 Å². The van der Waals surface area contributed by atoms with Crippen LogP contribution in [0, 0.1) is 0 Å². The number of hydrogen-bond acceptors (Lipinski definition) is 5. The van der Waals surface area contributed by atoms with Gasteiger partial charge in [-0.1, -0.05) is 0 Å². The highest BCUT2D eigenvalue weighted by molar-refractivity contribution is 7.20. The topological polar surface area (TPSA) is 72.8 Å². The lowest BCUT2D eigenvalue weighted by molar-refractivity contribution is -0.131. The molecular weight excluding hydrogens is 280 g/mol. The van der Waals surface area contributed by atoms with Gasteiger partial charge < -0.3 is 14.6 Å². The van der Waals surface area contributed by atoms with Crippen molar-refractivity contribution >= 4 is 33.4 Å². The van der Waals surface area contributed by atoms with Gasteiger partial charge in [0.05, 0.1) is 6.10 Å². The second kappa shape index (κ2) is 5.50. The molecule has 5 nitrogen and oxygen atoms in total. The molecule has 0 saturated carbocycles. The van der Waals surface area contributed by atoms with Crippen LogP contribution < -0.4 is 9.47 Å². The molecule has 0 amide bonds. The maximum Gasteiger partial charge on any atom is 0.345 e. The Hall–Kier alpha value is -2.08. The molecule has 1 aromatic carbocycles. The summed E-state index contributed by atoms with van der Waals surface area (Å²) in [5.74, 6) is -0.612. The van der Waals surface area contributed by atoms with Crippen LogP contribution in [0.4, 0.5) is 0 Å². The standard InChI is InChI=1S/C14H14O5S/c1-7(2)18-9-4-11(19-8(3)15)10-6-13(14(16)17)20-12(10)5-9/h4-7H,1-3H3,(H,16,17). The predicted molar refractivity (Wildman–Crippen MR) is 75.9 cm³/mol. The predicted octanol–water partition coefficient (Wildman–Crippen LogP) is 3.31. The van der Waals surface area contributed by atoms with Gasteiger partial charge in [-0.15, -0.1) is 11.3 Å². The van der Waals surface area contributed by atoms with E-state index < -0.39 is 11.9 Å². The van der Waals surface area contributed by atoms with Crippen LogP contribution in [0.15, 0.2) is 18.2 Å². The fourth-order valence-electron chi connectivity index (χ4n) is 1.77. The number of carboxylic acid groups (broad SMARTS) is 1. The molecule has 0 saturated heterocycles. The smallest absolute Gasteiger partial charge is 0.345 e. The number of rotatable bonds is 4. The summed E-state index contributed by atoms with van der Waals surface area (Å²) in [7, 11) is 0. The minimum Gasteiger partial charge on any atom is -0.491 e. The molecular formula is C14H14O5S. The third-order valence-electron chi connectivity index (χ3n) is 2.41. The van der Waals surface area contributed by atoms with Gasteiger partial charge >= 0.3 is 11.9 Å². The zero-order valence-corrected chi connectivity index (χ0v) is 12.1. The van der Waals surface area contributed by atoms with Crippen molar-refractivity contribution in [3.05, 3.63) is 23.1 Å². The van der Waals surface area contributed by atoms with Crippen molar-refractivity contribution in [1.82, 2.24) is 0 Å². The fourth-order valence-corrected chi connectivity index (χ4v) is 2.71. The van der Waals surface area contributed by atoms with E-state index in [1.807, 2.05) is 13.8 Å². The molecule has 0 spiro atoms. The highest BCUT2D eigenvalue weighted by Crippen LogP contribution is 2.37. The molecule has 1 heterocycles. The van der Waals surface area contributed by atoms with Crippen LogP contribution in [-0.4, -0.2) is 23.1 Å². The number of benzene rings is 1. The number of aromatic carboxylic acids is 1. The monoisotopic (exact) mass is 294 g/mol. The van der Waals surface area contributed by atoms with Gasteiger partial charge in [-0.25, -0.2) is 4.79 Å². The van der Waals surface area contributed by atoms with E-state index in [-0.39, 0.29) is 11.0 Å². The Morgan fingerprint density at radius 1 is 1.25 bits per heavy atom. The number of thiophene rings is 1. The second-order valence-electron chi connectivity index (χ2n) is 4.51. The first-order valence-corrected chi connectivity index (χ1v) is 6.84. The summed E-state index contributed by atoms with van der Waals surface area (Å²) in [6.07, 6.45) is -0.0310.